The molecule has 0 atom stereocenters. The molecule has 18 aromatic rings. The molecule has 0 saturated heterocycles. The summed E-state index contributed by atoms with van der Waals surface area (Å²) >= 11 is 9.52. The minimum atomic E-state index is -0.676. The number of nitrogens with zero attached hydrogens (tertiary/aromatic N) is 37. The van der Waals surface area contributed by atoms with Crippen LogP contribution in [0, 0.1) is 42.4 Å². The Kier molecular flexibility index (Phi) is 46.1. The largest absolute Gasteiger partial charge is 0.579 e. The molecule has 0 bridgehead atoms. The number of rotatable bonds is 25. The average molecular weight is 2440 g/mol. The van der Waals surface area contributed by atoms with Crippen LogP contribution in [-0.4, -0.2) is 149 Å². The van der Waals surface area contributed by atoms with Gasteiger partial charge in [0.1, 0.15) is 39.6 Å². The van der Waals surface area contributed by atoms with Crippen LogP contribution < -0.4 is 93.2 Å². The molecule has 6 aromatic carbocycles. The Morgan fingerprint density at radius 3 is 1.04 bits per heavy atom. The molecule has 0 aliphatic rings. The predicted molar refractivity (Wildman–Crippen MR) is 465 cm³/mol. The van der Waals surface area contributed by atoms with Crippen molar-refractivity contribution in [1.82, 2.24) is 180 Å². The fourth-order valence-corrected chi connectivity index (χ4v) is 12.5. The van der Waals surface area contributed by atoms with Gasteiger partial charge in [0, 0.05) is 293 Å². The van der Waals surface area contributed by atoms with Gasteiger partial charge in [-0.2, -0.15) is 81.0 Å². The minimum absolute atomic E-state index is 0. The first-order valence-corrected chi connectivity index (χ1v) is 39.8. The number of ether oxygens (including phenoxy) is 6. The van der Waals surface area contributed by atoms with Crippen molar-refractivity contribution in [1.29, 1.82) is 0 Å². The zero-order valence-electron chi connectivity index (χ0n) is 74.6. The minimum Gasteiger partial charge on any atom is -0.579 e. The van der Waals surface area contributed by atoms with Gasteiger partial charge in [0.25, 0.3) is 0 Å². The normalized spacial score (nSPS) is 10.2. The number of terminal acetylenes is 1. The van der Waals surface area contributed by atoms with Gasteiger partial charge in [-0.05, 0) is 167 Å². The van der Waals surface area contributed by atoms with Crippen LogP contribution >= 0.6 is 27.5 Å². The molecule has 6 radical (unpaired) electrons. The number of aryl methyl sites for hydroxylation is 6. The zero-order chi connectivity index (χ0) is 94.9. The van der Waals surface area contributed by atoms with Gasteiger partial charge in [0.05, 0.1) is 40.7 Å². The molecule has 140 heavy (non-hydrogen) atoms. The zero-order valence-corrected chi connectivity index (χ0v) is 93.9. The van der Waals surface area contributed by atoms with Crippen molar-refractivity contribution >= 4 is 39.3 Å². The van der Waals surface area contributed by atoms with Gasteiger partial charge in [-0.1, -0.05) is 100 Å². The second-order valence-electron chi connectivity index (χ2n) is 26.8. The van der Waals surface area contributed by atoms with Crippen LogP contribution in [0.15, 0.2) is 210 Å². The van der Waals surface area contributed by atoms with Crippen molar-refractivity contribution in [3.05, 3.63) is 322 Å². The van der Waals surface area contributed by atoms with E-state index in [1.54, 1.807) is 136 Å². The van der Waals surface area contributed by atoms with E-state index in [9.17, 15) is 37.5 Å². The number of aromatic nitrogens is 36. The Balaban J connectivity index is 0.000000226. The average Bonchev–Trinajstić information content (AvgIpc) is 1.66. The molecule has 0 aliphatic carbocycles. The van der Waals surface area contributed by atoms with Gasteiger partial charge in [0.15, 0.2) is 40.8 Å². The topological polar surface area (TPSA) is 538 Å². The van der Waals surface area contributed by atoms with E-state index in [0.717, 1.165) is 72.1 Å². The molecule has 0 amide bonds. The standard InChI is InChI=1S/C15H15N6O2.C15H13N6O2.C14H11N6O2.C13H10N7O2.C12H9BrFN6O2.C12H9ClFN6O2.6Y/c2*1-3-5-11-6-4-7-13(21-15(22)20(2)18-19-21)12(11)10-23-14-8-9-16-17-14;1-3-10-5-4-6-12(20-14(21)19(2)17-18-20)11(10)9-22-13-7-8-15-16-13;1-14-10-4-3-5-11(20-13(21)19(2)17-18-20)9(10)8-22-12-6-7-15-16-12;2*1-19-12(21)20(18-17-19)10-4-2-3-8(13)7(10)6-22-11-9(14)5-15-16-11;;;;;;/h3-9H,10H2,1-2H3;4,6-9H,10H2,1-2H3;1,4-8H,9H2,2H3;3-7H,8H2,2H3;2*2-5H,6H2,1H3;;;;;;/q6*-1;;;;;;/b5-3+;;;;;;;;;;;. The second-order valence-corrected chi connectivity index (χ2v) is 28.1. The van der Waals surface area contributed by atoms with E-state index in [-0.39, 0.29) is 265 Å². The van der Waals surface area contributed by atoms with E-state index < -0.39 is 28.7 Å². The molecule has 0 saturated carbocycles. The summed E-state index contributed by atoms with van der Waals surface area (Å²) in [7, 11) is 9.08. The summed E-state index contributed by atoms with van der Waals surface area (Å²) in [5, 5.41) is 89.3. The van der Waals surface area contributed by atoms with Gasteiger partial charge >= 0.3 is 34.1 Å². The third kappa shape index (κ3) is 28.8. The first-order chi connectivity index (χ1) is 65.0. The molecule has 0 spiro atoms. The Morgan fingerprint density at radius 2 is 0.700 bits per heavy atom. The van der Waals surface area contributed by atoms with Gasteiger partial charge in [-0.25, -0.2) is 42.4 Å². The van der Waals surface area contributed by atoms with Crippen molar-refractivity contribution in [2.75, 3.05) is 0 Å². The van der Waals surface area contributed by atoms with Gasteiger partial charge in [-0.15, -0.1) is 24.7 Å². The molecular weight excluding hydrogens is 2370 g/mol. The number of hydrogen-bond acceptors (Lipinski definition) is 30. The van der Waals surface area contributed by atoms with Crippen LogP contribution in [0.25, 0.3) is 45.0 Å². The number of benzene rings is 6. The van der Waals surface area contributed by atoms with E-state index in [1.165, 1.54) is 66.4 Å². The molecule has 12 aromatic heterocycles. The smallest absolute Gasteiger partial charge is 0.368 e. The molecule has 59 heteroatoms. The van der Waals surface area contributed by atoms with E-state index >= 15 is 0 Å². The summed E-state index contributed by atoms with van der Waals surface area (Å²) in [6.45, 7) is 11.4. The summed E-state index contributed by atoms with van der Waals surface area (Å²) < 4.78 is 73.9. The van der Waals surface area contributed by atoms with Crippen LogP contribution in [0.3, 0.4) is 0 Å². The Bertz CT molecular complexity index is 7370. The van der Waals surface area contributed by atoms with E-state index in [4.69, 9.17) is 53.0 Å². The van der Waals surface area contributed by atoms with Crippen LogP contribution in [0.2, 0.25) is 5.02 Å². The molecule has 0 unspecified atom stereocenters. The molecule has 0 aliphatic heterocycles. The van der Waals surface area contributed by atoms with E-state index in [2.05, 4.69) is 162 Å². The predicted octanol–water partition coefficient (Wildman–Crippen LogP) is 3.00. The molecule has 0 fully saturated rings. The summed E-state index contributed by atoms with van der Waals surface area (Å²) in [6, 6.07) is 38.0. The third-order valence-electron chi connectivity index (χ3n) is 18.4. The summed E-state index contributed by atoms with van der Waals surface area (Å²) in [4.78, 5) is 75.7. The molecule has 700 valence electrons. The number of halogens is 4. The first-order valence-electron chi connectivity index (χ1n) is 38.7. The molecular formula is C81H67BrClF2N37O12Y6-6. The van der Waals surface area contributed by atoms with Gasteiger partial charge in [0.2, 0.25) is 11.8 Å². The van der Waals surface area contributed by atoms with Crippen molar-refractivity contribution in [2.45, 2.75) is 53.5 Å². The summed E-state index contributed by atoms with van der Waals surface area (Å²) in [5.41, 5.74) is 7.19. The SMILES string of the molecule is C#Cc1cccc(-n2nnn(C)c2=O)c1COc1cc[n-]n1.C/C=C/c1cccc(-n2nnn(C)c2=O)c1COc1cc[n-]n1.CC#Cc1cccc(-n2nnn(C)c2=O)c1COc1cc[n-]n1.Cn1nnn(-c2cccc(Br)c2COc2n[n-]cc2F)c1=O.Cn1nnn(-c2cccc(Cl)c2COc2n[n-]cc2F)c1=O.[C-]#[N+]c1cccc(-n2nnn(C)c2=O)c1COc1cc[n-]n1.[Y].[Y].[Y].[Y].[Y].[Y]. The van der Waals surface area contributed by atoms with E-state index in [1.807, 2.05) is 43.3 Å². The molecule has 12 heterocycles. The number of tetrazole rings is 6. The summed E-state index contributed by atoms with van der Waals surface area (Å²) in [6.07, 6.45) is 17.4. The van der Waals surface area contributed by atoms with Gasteiger partial charge < -0.3 is 89.6 Å². The summed E-state index contributed by atoms with van der Waals surface area (Å²) in [5.74, 6) is 8.23. The maximum Gasteiger partial charge on any atom is 0.368 e. The molecule has 49 nitrogen and oxygen atoms in total. The fraction of sp³-hybridized carbons (Fsp3) is 0.173. The third-order valence-corrected chi connectivity index (χ3v) is 19.5. The quantitative estimate of drug-likeness (QED) is 0.0586. The van der Waals surface area contributed by atoms with Crippen molar-refractivity contribution < 1.29 is 233 Å². The Labute approximate surface area is 952 Å². The Hall–Kier alpha value is -11.8. The number of allylic oxidation sites excluding steroid dienone is 1. The van der Waals surface area contributed by atoms with Crippen LogP contribution in [-0.2, 0) is 278 Å². The maximum atomic E-state index is 13.3. The maximum absolute atomic E-state index is 13.3. The van der Waals surface area contributed by atoms with E-state index in [0.29, 0.717) is 101 Å². The van der Waals surface area contributed by atoms with Crippen molar-refractivity contribution in [2.24, 2.45) is 42.3 Å². The van der Waals surface area contributed by atoms with Crippen molar-refractivity contribution in [3.8, 4) is 93.6 Å². The van der Waals surface area contributed by atoms with Crippen molar-refractivity contribution in [3.63, 3.8) is 0 Å². The molecule has 0 N–H and O–H groups in total. The van der Waals surface area contributed by atoms with Crippen LogP contribution in [0.1, 0.15) is 63.9 Å². The monoisotopic (exact) mass is 2430 g/mol. The van der Waals surface area contributed by atoms with Gasteiger partial charge in [-0.3, -0.25) is 0 Å². The second kappa shape index (κ2) is 56.0. The fourth-order valence-electron chi connectivity index (χ4n) is 11.8. The Morgan fingerprint density at radius 1 is 0.393 bits per heavy atom. The van der Waals surface area contributed by atoms with Crippen LogP contribution in [0.4, 0.5) is 14.5 Å². The molecule has 18 rings (SSSR count). The first kappa shape index (κ1) is 115. The number of hydrogen-bond donors (Lipinski definition) is 0. The van der Waals surface area contributed by atoms with Crippen LogP contribution in [0.5, 0.6) is 35.3 Å².